The molecule has 0 N–H and O–H groups in total. The average molecular weight is 268 g/mol. The maximum absolute atomic E-state index is 11.6. The fourth-order valence-corrected chi connectivity index (χ4v) is 1.91. The summed E-state index contributed by atoms with van der Waals surface area (Å²) in [6.45, 7) is 9.10. The molecule has 0 amide bonds. The van der Waals surface area contributed by atoms with Crippen LogP contribution in [0.15, 0.2) is 25.3 Å². The zero-order valence-corrected chi connectivity index (χ0v) is 11.4. The molecule has 2 atom stereocenters. The van der Waals surface area contributed by atoms with Crippen LogP contribution in [0, 0.1) is 0 Å². The third-order valence-corrected chi connectivity index (χ3v) is 2.99. The molecule has 1 aliphatic rings. The summed E-state index contributed by atoms with van der Waals surface area (Å²) in [5, 5.41) is 0. The third kappa shape index (κ3) is 4.29. The quantitative estimate of drug-likeness (QED) is 0.400. The summed E-state index contributed by atoms with van der Waals surface area (Å²) in [6, 6.07) is 0. The number of carbonyl (C=O) groups excluding carboxylic acids is 2. The van der Waals surface area contributed by atoms with Gasteiger partial charge in [0.05, 0.1) is 7.11 Å². The molecule has 0 spiro atoms. The van der Waals surface area contributed by atoms with Gasteiger partial charge in [0.2, 0.25) is 0 Å². The molecule has 1 aliphatic heterocycles. The Morgan fingerprint density at radius 1 is 1.26 bits per heavy atom. The summed E-state index contributed by atoms with van der Waals surface area (Å²) in [5.74, 6) is -1.59. The molecule has 5 nitrogen and oxygen atoms in total. The maximum Gasteiger partial charge on any atom is 0.313 e. The van der Waals surface area contributed by atoms with Crippen molar-refractivity contribution >= 4 is 11.8 Å². The summed E-state index contributed by atoms with van der Waals surface area (Å²) >= 11 is 0. The van der Waals surface area contributed by atoms with Crippen LogP contribution in [0.5, 0.6) is 0 Å². The van der Waals surface area contributed by atoms with Crippen molar-refractivity contribution in [3.8, 4) is 0 Å². The summed E-state index contributed by atoms with van der Waals surface area (Å²) in [7, 11) is 1.25. The minimum Gasteiger partial charge on any atom is -0.469 e. The van der Waals surface area contributed by atoms with Crippen molar-refractivity contribution in [1.82, 2.24) is 0 Å². The molecule has 19 heavy (non-hydrogen) atoms. The van der Waals surface area contributed by atoms with Crippen LogP contribution in [-0.2, 0) is 23.8 Å². The second-order valence-corrected chi connectivity index (χ2v) is 4.56. The van der Waals surface area contributed by atoms with E-state index in [9.17, 15) is 9.59 Å². The highest BCUT2D eigenvalue weighted by molar-refractivity contribution is 5.95. The van der Waals surface area contributed by atoms with Crippen molar-refractivity contribution in [3.63, 3.8) is 0 Å². The van der Waals surface area contributed by atoms with E-state index in [4.69, 9.17) is 9.47 Å². The highest BCUT2D eigenvalue weighted by Crippen LogP contribution is 2.33. The van der Waals surface area contributed by atoms with Gasteiger partial charge in [-0.25, -0.2) is 0 Å². The molecule has 0 radical (unpaired) electrons. The van der Waals surface area contributed by atoms with Crippen LogP contribution in [0.1, 0.15) is 26.2 Å². The molecule has 1 heterocycles. The Balaban J connectivity index is 2.48. The van der Waals surface area contributed by atoms with E-state index < -0.39 is 11.8 Å². The van der Waals surface area contributed by atoms with Gasteiger partial charge in [-0.15, -0.1) is 13.2 Å². The Kier molecular flexibility index (Phi) is 5.44. The van der Waals surface area contributed by atoms with Gasteiger partial charge in [0.1, 0.15) is 24.4 Å². The molecular formula is C14H20O5. The molecule has 0 unspecified atom stereocenters. The lowest BCUT2D eigenvalue weighted by molar-refractivity contribution is -0.163. The van der Waals surface area contributed by atoms with Crippen molar-refractivity contribution in [2.75, 3.05) is 7.11 Å². The molecular weight excluding hydrogens is 248 g/mol. The van der Waals surface area contributed by atoms with E-state index in [0.29, 0.717) is 6.42 Å². The number of hydrogen-bond acceptors (Lipinski definition) is 5. The van der Waals surface area contributed by atoms with Crippen LogP contribution >= 0.6 is 0 Å². The number of rotatable bonds is 7. The van der Waals surface area contributed by atoms with E-state index in [1.54, 1.807) is 19.1 Å². The first-order valence-corrected chi connectivity index (χ1v) is 6.13. The fourth-order valence-electron chi connectivity index (χ4n) is 1.91. The molecule has 0 bridgehead atoms. The zero-order valence-electron chi connectivity index (χ0n) is 11.4. The van der Waals surface area contributed by atoms with Gasteiger partial charge in [-0.3, -0.25) is 9.59 Å². The lowest BCUT2D eigenvalue weighted by Crippen LogP contribution is -2.28. The van der Waals surface area contributed by atoms with Crippen molar-refractivity contribution in [2.24, 2.45) is 0 Å². The van der Waals surface area contributed by atoms with E-state index in [1.165, 1.54) is 7.11 Å². The van der Waals surface area contributed by atoms with Gasteiger partial charge in [-0.2, -0.15) is 0 Å². The second-order valence-electron chi connectivity index (χ2n) is 4.56. The minimum atomic E-state index is -0.858. The molecule has 1 saturated heterocycles. The molecule has 1 fully saturated rings. The summed E-state index contributed by atoms with van der Waals surface area (Å²) < 4.78 is 15.8. The van der Waals surface area contributed by atoms with Gasteiger partial charge in [-0.1, -0.05) is 12.2 Å². The molecule has 0 aromatic carbocycles. The SMILES string of the molecule is C=C[C@@H]1OC(C)(CCC(=O)CC(=O)OC)O[C@H]1C=C. The molecule has 1 rings (SSSR count). The maximum atomic E-state index is 11.6. The largest absolute Gasteiger partial charge is 0.469 e. The number of ketones is 1. The topological polar surface area (TPSA) is 61.8 Å². The van der Waals surface area contributed by atoms with Gasteiger partial charge in [0, 0.05) is 12.8 Å². The molecule has 5 heteroatoms. The molecule has 0 saturated carbocycles. The van der Waals surface area contributed by atoms with Crippen LogP contribution in [-0.4, -0.2) is 36.9 Å². The summed E-state index contributed by atoms with van der Waals surface area (Å²) in [6.07, 6.45) is 3.11. The Labute approximate surface area is 113 Å². The second kappa shape index (κ2) is 6.63. The Morgan fingerprint density at radius 3 is 2.21 bits per heavy atom. The zero-order chi connectivity index (χ0) is 14.5. The van der Waals surface area contributed by atoms with Crippen LogP contribution in [0.2, 0.25) is 0 Å². The molecule has 0 aromatic heterocycles. The Hall–Kier alpha value is -1.46. The van der Waals surface area contributed by atoms with Gasteiger partial charge in [0.25, 0.3) is 0 Å². The first-order valence-electron chi connectivity index (χ1n) is 6.13. The van der Waals surface area contributed by atoms with Gasteiger partial charge in [-0.05, 0) is 6.92 Å². The average Bonchev–Trinajstić information content (AvgIpc) is 2.73. The minimum absolute atomic E-state index is 0.194. The van der Waals surface area contributed by atoms with Gasteiger partial charge in [0.15, 0.2) is 5.79 Å². The van der Waals surface area contributed by atoms with E-state index in [0.717, 1.165) is 0 Å². The Bertz CT molecular complexity index is 358. The molecule has 0 aliphatic carbocycles. The lowest BCUT2D eigenvalue weighted by atomic mass is 10.1. The van der Waals surface area contributed by atoms with Crippen LogP contribution in [0.3, 0.4) is 0 Å². The number of carbonyl (C=O) groups is 2. The van der Waals surface area contributed by atoms with Crippen LogP contribution < -0.4 is 0 Å². The first-order chi connectivity index (χ1) is 8.94. The van der Waals surface area contributed by atoms with Gasteiger partial charge < -0.3 is 14.2 Å². The third-order valence-electron chi connectivity index (χ3n) is 2.99. The summed E-state index contributed by atoms with van der Waals surface area (Å²) in [4.78, 5) is 22.5. The first kappa shape index (κ1) is 15.6. The number of Topliss-reactive ketones (excluding diaryl/α,β-unsaturated/α-hetero) is 1. The van der Waals surface area contributed by atoms with Crippen LogP contribution in [0.4, 0.5) is 0 Å². The fraction of sp³-hybridized carbons (Fsp3) is 0.571. The van der Waals surface area contributed by atoms with E-state index >= 15 is 0 Å². The smallest absolute Gasteiger partial charge is 0.313 e. The number of methoxy groups -OCH3 is 1. The van der Waals surface area contributed by atoms with Crippen molar-refractivity contribution < 1.29 is 23.8 Å². The summed E-state index contributed by atoms with van der Waals surface area (Å²) in [5.41, 5.74) is 0. The highest BCUT2D eigenvalue weighted by atomic mass is 16.8. The van der Waals surface area contributed by atoms with Crippen LogP contribution in [0.25, 0.3) is 0 Å². The van der Waals surface area contributed by atoms with Crippen molar-refractivity contribution in [3.05, 3.63) is 25.3 Å². The highest BCUT2D eigenvalue weighted by Gasteiger charge is 2.41. The monoisotopic (exact) mass is 268 g/mol. The number of ether oxygens (including phenoxy) is 3. The standard InChI is InChI=1S/C14H20O5/c1-5-11-12(6-2)19-14(3,18-11)8-7-10(15)9-13(16)17-4/h5-6,11-12H,1-2,7-9H2,3-4H3/t11-,12-/m0/s1. The van der Waals surface area contributed by atoms with Gasteiger partial charge >= 0.3 is 5.97 Å². The number of hydrogen-bond donors (Lipinski definition) is 0. The van der Waals surface area contributed by atoms with E-state index in [2.05, 4.69) is 17.9 Å². The predicted molar refractivity (Wildman–Crippen MR) is 69.4 cm³/mol. The normalized spacial score (nSPS) is 24.7. The predicted octanol–water partition coefficient (Wildman–Crippen LogP) is 1.77. The van der Waals surface area contributed by atoms with E-state index in [1.807, 2.05) is 0 Å². The van der Waals surface area contributed by atoms with Crippen molar-refractivity contribution in [1.29, 1.82) is 0 Å². The number of esters is 1. The van der Waals surface area contributed by atoms with Crippen molar-refractivity contribution in [2.45, 2.75) is 44.2 Å². The lowest BCUT2D eigenvalue weighted by Gasteiger charge is -2.22. The molecule has 0 aromatic rings. The van der Waals surface area contributed by atoms with E-state index in [-0.39, 0.29) is 30.8 Å². The molecule has 106 valence electrons. The Morgan fingerprint density at radius 2 is 1.79 bits per heavy atom.